The standard InChI is InChI=1S/C22H18N2O6S/c1-29-21(25)15-3-7-17(8-4-15)23(27)13-19-11-12-20(31-19)14-24(28)18-9-5-16(6-10-18)22(26)30-2/h3-14H,1-2H3/b23-13-,24-14-. The minimum absolute atomic E-state index is 0.350. The van der Waals surface area contributed by atoms with Gasteiger partial charge in [0.25, 0.3) is 0 Å². The summed E-state index contributed by atoms with van der Waals surface area (Å²) in [5.74, 6) is -0.956. The number of esters is 2. The molecule has 0 spiro atoms. The van der Waals surface area contributed by atoms with E-state index in [9.17, 15) is 20.0 Å². The summed E-state index contributed by atoms with van der Waals surface area (Å²) in [4.78, 5) is 24.2. The van der Waals surface area contributed by atoms with Gasteiger partial charge in [-0.1, -0.05) is 0 Å². The molecule has 0 saturated heterocycles. The lowest BCUT2D eigenvalue weighted by molar-refractivity contribution is -0.354. The number of carbonyl (C=O) groups is 2. The molecule has 0 fully saturated rings. The van der Waals surface area contributed by atoms with Crippen molar-refractivity contribution in [2.45, 2.75) is 0 Å². The van der Waals surface area contributed by atoms with E-state index in [4.69, 9.17) is 0 Å². The molecule has 0 aliphatic rings. The number of hydrogen-bond donors (Lipinski definition) is 0. The Kier molecular flexibility index (Phi) is 6.78. The second kappa shape index (κ2) is 9.68. The summed E-state index contributed by atoms with van der Waals surface area (Å²) in [7, 11) is 2.57. The number of benzene rings is 2. The summed E-state index contributed by atoms with van der Waals surface area (Å²) in [6.07, 6.45) is 2.77. The lowest BCUT2D eigenvalue weighted by Gasteiger charge is -2.03. The third kappa shape index (κ3) is 5.34. The fraction of sp³-hybridized carbons (Fsp3) is 0.0909. The molecule has 9 heteroatoms. The van der Waals surface area contributed by atoms with Crippen LogP contribution in [0.25, 0.3) is 0 Å². The van der Waals surface area contributed by atoms with E-state index in [2.05, 4.69) is 9.47 Å². The van der Waals surface area contributed by atoms with Gasteiger partial charge in [-0.3, -0.25) is 0 Å². The molecular weight excluding hydrogens is 420 g/mol. The van der Waals surface area contributed by atoms with Crippen LogP contribution in [0.5, 0.6) is 0 Å². The fourth-order valence-electron chi connectivity index (χ4n) is 2.61. The Balaban J connectivity index is 1.74. The Morgan fingerprint density at radius 3 is 1.39 bits per heavy atom. The number of thiophene rings is 1. The molecule has 0 bridgehead atoms. The largest absolute Gasteiger partial charge is 0.618 e. The third-order valence-corrected chi connectivity index (χ3v) is 5.18. The number of nitrogens with zero attached hydrogens (tertiary/aromatic N) is 2. The van der Waals surface area contributed by atoms with Gasteiger partial charge in [-0.05, 0) is 36.4 Å². The summed E-state index contributed by atoms with van der Waals surface area (Å²) in [5, 5.41) is 24.7. The smallest absolute Gasteiger partial charge is 0.337 e. The maximum atomic E-state index is 12.4. The highest BCUT2D eigenvalue weighted by atomic mass is 32.1. The maximum absolute atomic E-state index is 12.4. The molecule has 0 atom stereocenters. The molecule has 2 aromatic carbocycles. The van der Waals surface area contributed by atoms with E-state index in [-0.39, 0.29) is 0 Å². The number of rotatable bonds is 6. The van der Waals surface area contributed by atoms with Gasteiger partial charge in [-0.2, -0.15) is 9.48 Å². The molecule has 158 valence electrons. The van der Waals surface area contributed by atoms with Crippen molar-refractivity contribution in [1.82, 2.24) is 0 Å². The van der Waals surface area contributed by atoms with Crippen molar-refractivity contribution in [3.05, 3.63) is 92.0 Å². The second-order valence-electron chi connectivity index (χ2n) is 6.23. The van der Waals surface area contributed by atoms with Crippen molar-refractivity contribution < 1.29 is 28.5 Å². The van der Waals surface area contributed by atoms with Crippen LogP contribution in [0, 0.1) is 10.4 Å². The highest BCUT2D eigenvalue weighted by Gasteiger charge is 2.10. The molecule has 0 amide bonds. The zero-order valence-corrected chi connectivity index (χ0v) is 17.5. The Morgan fingerprint density at radius 2 is 1.06 bits per heavy atom. The SMILES string of the molecule is COC(=O)c1ccc(/[N+]([O-])=C/c2ccc(/C=[N+](\[O-])c3ccc(C(=O)OC)cc3)s2)cc1. The molecule has 0 radical (unpaired) electrons. The van der Waals surface area contributed by atoms with Crippen LogP contribution in [-0.4, -0.2) is 48.1 Å². The van der Waals surface area contributed by atoms with Crippen LogP contribution in [0.1, 0.15) is 30.5 Å². The Labute approximate surface area is 182 Å². The Bertz CT molecular complexity index is 1060. The monoisotopic (exact) mass is 438 g/mol. The fourth-order valence-corrected chi connectivity index (χ4v) is 3.45. The molecule has 3 aromatic rings. The van der Waals surface area contributed by atoms with E-state index in [1.807, 2.05) is 0 Å². The first-order valence-corrected chi connectivity index (χ1v) is 9.82. The quantitative estimate of drug-likeness (QED) is 0.190. The molecule has 0 saturated carbocycles. The first-order chi connectivity index (χ1) is 14.9. The van der Waals surface area contributed by atoms with Crippen molar-refractivity contribution in [2.75, 3.05) is 14.2 Å². The first-order valence-electron chi connectivity index (χ1n) is 9.00. The highest BCUT2D eigenvalue weighted by molar-refractivity contribution is 7.15. The first kappa shape index (κ1) is 21.7. The van der Waals surface area contributed by atoms with Crippen molar-refractivity contribution >= 4 is 47.1 Å². The van der Waals surface area contributed by atoms with E-state index in [1.165, 1.54) is 86.5 Å². The van der Waals surface area contributed by atoms with Gasteiger partial charge in [-0.25, -0.2) is 9.59 Å². The van der Waals surface area contributed by atoms with Gasteiger partial charge in [0.2, 0.25) is 11.4 Å². The van der Waals surface area contributed by atoms with Crippen LogP contribution in [0.4, 0.5) is 11.4 Å². The molecular formula is C22H18N2O6S. The van der Waals surface area contributed by atoms with Crippen molar-refractivity contribution in [2.24, 2.45) is 0 Å². The zero-order valence-electron chi connectivity index (χ0n) is 16.7. The summed E-state index contributed by atoms with van der Waals surface area (Å²) < 4.78 is 10.6. The van der Waals surface area contributed by atoms with Gasteiger partial charge in [0.15, 0.2) is 12.4 Å². The van der Waals surface area contributed by atoms with Crippen molar-refractivity contribution in [3.63, 3.8) is 0 Å². The van der Waals surface area contributed by atoms with Crippen molar-refractivity contribution in [3.8, 4) is 0 Å². The average molecular weight is 438 g/mol. The van der Waals surface area contributed by atoms with E-state index >= 15 is 0 Å². The van der Waals surface area contributed by atoms with Crippen LogP contribution in [0.15, 0.2) is 60.7 Å². The topological polar surface area (TPSA) is 105 Å². The van der Waals surface area contributed by atoms with Gasteiger partial charge >= 0.3 is 11.9 Å². The Morgan fingerprint density at radius 1 is 0.710 bits per heavy atom. The molecule has 0 aliphatic heterocycles. The van der Waals surface area contributed by atoms with E-state index < -0.39 is 11.9 Å². The summed E-state index contributed by atoms with van der Waals surface area (Å²) in [6.45, 7) is 0. The van der Waals surface area contributed by atoms with E-state index in [0.717, 1.165) is 0 Å². The third-order valence-electron chi connectivity index (χ3n) is 4.22. The predicted molar refractivity (Wildman–Crippen MR) is 117 cm³/mol. The van der Waals surface area contributed by atoms with Crippen molar-refractivity contribution in [1.29, 1.82) is 0 Å². The zero-order chi connectivity index (χ0) is 22.4. The number of hydrogen-bond acceptors (Lipinski definition) is 7. The second-order valence-corrected chi connectivity index (χ2v) is 7.37. The van der Waals surface area contributed by atoms with Gasteiger partial charge < -0.3 is 19.9 Å². The number of methoxy groups -OCH3 is 2. The van der Waals surface area contributed by atoms with Crippen LogP contribution >= 0.6 is 11.3 Å². The summed E-state index contributed by atoms with van der Waals surface area (Å²) in [6, 6.07) is 15.6. The summed E-state index contributed by atoms with van der Waals surface area (Å²) in [5.41, 5.74) is 1.40. The van der Waals surface area contributed by atoms with Gasteiger partial charge in [0.05, 0.1) is 35.1 Å². The van der Waals surface area contributed by atoms with Crippen LogP contribution in [0.3, 0.4) is 0 Å². The van der Waals surface area contributed by atoms with Gasteiger partial charge in [0, 0.05) is 24.3 Å². The summed E-state index contributed by atoms with van der Waals surface area (Å²) >= 11 is 1.26. The molecule has 0 aliphatic carbocycles. The molecule has 8 nitrogen and oxygen atoms in total. The molecule has 1 aromatic heterocycles. The normalized spacial score (nSPS) is 11.8. The molecule has 31 heavy (non-hydrogen) atoms. The molecule has 0 unspecified atom stereocenters. The van der Waals surface area contributed by atoms with E-state index in [1.54, 1.807) is 12.1 Å². The highest BCUT2D eigenvalue weighted by Crippen LogP contribution is 2.18. The lowest BCUT2D eigenvalue weighted by atomic mass is 10.2. The minimum atomic E-state index is -0.478. The van der Waals surface area contributed by atoms with Crippen LogP contribution < -0.4 is 0 Å². The van der Waals surface area contributed by atoms with Gasteiger partial charge in [-0.15, -0.1) is 11.3 Å². The molecule has 3 rings (SSSR count). The molecule has 0 N–H and O–H groups in total. The predicted octanol–water partition coefficient (Wildman–Crippen LogP) is 3.84. The number of carbonyl (C=O) groups excluding carboxylic acids is 2. The maximum Gasteiger partial charge on any atom is 0.337 e. The minimum Gasteiger partial charge on any atom is -0.618 e. The number of ether oxygens (including phenoxy) is 2. The Hall–Kier alpha value is -3.98. The van der Waals surface area contributed by atoms with Crippen LogP contribution in [0.2, 0.25) is 0 Å². The lowest BCUT2D eigenvalue weighted by Crippen LogP contribution is -2.02. The van der Waals surface area contributed by atoms with Gasteiger partial charge in [0.1, 0.15) is 0 Å². The van der Waals surface area contributed by atoms with Crippen LogP contribution in [-0.2, 0) is 9.47 Å². The average Bonchev–Trinajstić information content (AvgIpc) is 3.24. The molecule has 1 heterocycles. The van der Waals surface area contributed by atoms with E-state index in [0.29, 0.717) is 41.7 Å².